The van der Waals surface area contributed by atoms with Crippen molar-refractivity contribution in [2.45, 2.75) is 19.4 Å². The van der Waals surface area contributed by atoms with Crippen LogP contribution in [-0.4, -0.2) is 40.0 Å². The molecule has 3 rings (SSSR count). The second kappa shape index (κ2) is 7.48. The fourth-order valence-electron chi connectivity index (χ4n) is 3.41. The van der Waals surface area contributed by atoms with Crippen LogP contribution >= 0.6 is 0 Å². The van der Waals surface area contributed by atoms with Crippen molar-refractivity contribution < 1.29 is 28.0 Å². The van der Waals surface area contributed by atoms with Crippen molar-refractivity contribution >= 4 is 23.6 Å². The zero-order valence-corrected chi connectivity index (χ0v) is 16.0. The lowest BCUT2D eigenvalue weighted by Crippen LogP contribution is -2.46. The van der Waals surface area contributed by atoms with Crippen LogP contribution in [0.25, 0.3) is 0 Å². The number of rotatable bonds is 4. The van der Waals surface area contributed by atoms with Crippen molar-refractivity contribution in [2.24, 2.45) is 0 Å². The number of imide groups is 2. The number of hydrogen-bond acceptors (Lipinski definition) is 5. The Bertz CT molecular complexity index is 1120. The number of nitriles is 1. The Hall–Kier alpha value is -3.93. The Morgan fingerprint density at radius 2 is 1.73 bits per heavy atom. The molecule has 9 heteroatoms. The number of halogens is 2. The molecule has 2 aromatic rings. The van der Waals surface area contributed by atoms with Gasteiger partial charge in [-0.1, -0.05) is 12.1 Å². The van der Waals surface area contributed by atoms with Gasteiger partial charge in [0, 0.05) is 13.0 Å². The minimum Gasteiger partial charge on any atom is -0.292 e. The standard InChI is InChI=1S/C21H15F2N3O4/c1-12(27)26-20(30)25(11-18(28)16-8-7-15(22)9-17(16)23)19(29)21(26,2)14-5-3-13(10-24)4-6-14/h3-9H,11H2,1-2H3. The summed E-state index contributed by atoms with van der Waals surface area (Å²) in [5, 5.41) is 8.95. The number of hydrogen-bond donors (Lipinski definition) is 0. The van der Waals surface area contributed by atoms with Gasteiger partial charge in [-0.2, -0.15) is 5.26 Å². The number of carbonyl (C=O) groups is 4. The summed E-state index contributed by atoms with van der Waals surface area (Å²) in [7, 11) is 0. The number of carbonyl (C=O) groups excluding carboxylic acids is 4. The first kappa shape index (κ1) is 20.8. The van der Waals surface area contributed by atoms with Gasteiger partial charge < -0.3 is 0 Å². The first-order valence-corrected chi connectivity index (χ1v) is 8.77. The third kappa shape index (κ3) is 3.22. The highest BCUT2D eigenvalue weighted by Gasteiger charge is 2.57. The summed E-state index contributed by atoms with van der Waals surface area (Å²) >= 11 is 0. The lowest BCUT2D eigenvalue weighted by molar-refractivity contribution is -0.139. The average Bonchev–Trinajstić information content (AvgIpc) is 2.89. The Morgan fingerprint density at radius 3 is 2.27 bits per heavy atom. The quantitative estimate of drug-likeness (QED) is 0.569. The molecular formula is C21H15F2N3O4. The Kier molecular flexibility index (Phi) is 5.18. The molecule has 1 unspecified atom stereocenters. The van der Waals surface area contributed by atoms with E-state index in [1.165, 1.54) is 31.2 Å². The van der Waals surface area contributed by atoms with Crippen molar-refractivity contribution in [3.05, 3.63) is 70.8 Å². The lowest BCUT2D eigenvalue weighted by atomic mass is 9.89. The molecule has 152 valence electrons. The molecule has 0 radical (unpaired) electrons. The van der Waals surface area contributed by atoms with Crippen LogP contribution < -0.4 is 0 Å². The maximum absolute atomic E-state index is 13.9. The molecule has 1 saturated heterocycles. The number of Topliss-reactive ketones (excluding diaryl/α,β-unsaturated/α-hetero) is 1. The van der Waals surface area contributed by atoms with Gasteiger partial charge in [0.1, 0.15) is 11.6 Å². The summed E-state index contributed by atoms with van der Waals surface area (Å²) in [6.07, 6.45) is 0. The maximum atomic E-state index is 13.9. The van der Waals surface area contributed by atoms with Crippen LogP contribution in [0.4, 0.5) is 13.6 Å². The molecule has 0 N–H and O–H groups in total. The number of urea groups is 1. The molecule has 1 heterocycles. The van der Waals surface area contributed by atoms with Crippen LogP contribution in [0.15, 0.2) is 42.5 Å². The molecular weight excluding hydrogens is 396 g/mol. The van der Waals surface area contributed by atoms with E-state index < -0.39 is 52.9 Å². The van der Waals surface area contributed by atoms with Crippen LogP contribution in [0, 0.1) is 23.0 Å². The highest BCUT2D eigenvalue weighted by atomic mass is 19.1. The first-order valence-electron chi connectivity index (χ1n) is 8.77. The third-order valence-corrected chi connectivity index (χ3v) is 4.96. The second-order valence-corrected chi connectivity index (χ2v) is 6.84. The molecule has 0 aliphatic carbocycles. The van der Waals surface area contributed by atoms with Crippen molar-refractivity contribution in [3.8, 4) is 6.07 Å². The average molecular weight is 411 g/mol. The summed E-state index contributed by atoms with van der Waals surface area (Å²) in [6.45, 7) is 1.62. The summed E-state index contributed by atoms with van der Waals surface area (Å²) in [4.78, 5) is 51.9. The van der Waals surface area contributed by atoms with Crippen LogP contribution in [0.2, 0.25) is 0 Å². The highest BCUT2D eigenvalue weighted by Crippen LogP contribution is 2.37. The van der Waals surface area contributed by atoms with E-state index in [4.69, 9.17) is 5.26 Å². The third-order valence-electron chi connectivity index (χ3n) is 4.96. The molecule has 2 aromatic carbocycles. The Labute approximate surface area is 170 Å². The predicted molar refractivity (Wildman–Crippen MR) is 98.8 cm³/mol. The fraction of sp³-hybridized carbons (Fsp3) is 0.190. The van der Waals surface area contributed by atoms with Gasteiger partial charge in [-0.05, 0) is 36.8 Å². The van der Waals surface area contributed by atoms with Gasteiger partial charge in [-0.15, -0.1) is 0 Å². The summed E-state index contributed by atoms with van der Waals surface area (Å²) in [5.41, 5.74) is -1.66. The van der Waals surface area contributed by atoms with Crippen molar-refractivity contribution in [1.82, 2.24) is 9.80 Å². The second-order valence-electron chi connectivity index (χ2n) is 6.84. The molecule has 0 spiro atoms. The minimum atomic E-state index is -1.75. The fourth-order valence-corrected chi connectivity index (χ4v) is 3.41. The van der Waals surface area contributed by atoms with E-state index in [2.05, 4.69) is 0 Å². The summed E-state index contributed by atoms with van der Waals surface area (Å²) in [6, 6.07) is 8.94. The van der Waals surface area contributed by atoms with E-state index in [0.29, 0.717) is 21.4 Å². The van der Waals surface area contributed by atoms with Gasteiger partial charge in [0.05, 0.1) is 23.7 Å². The van der Waals surface area contributed by atoms with Gasteiger partial charge in [-0.25, -0.2) is 18.5 Å². The van der Waals surface area contributed by atoms with Crippen LogP contribution in [0.3, 0.4) is 0 Å². The Morgan fingerprint density at radius 1 is 1.10 bits per heavy atom. The minimum absolute atomic E-state index is 0.262. The van der Waals surface area contributed by atoms with Crippen molar-refractivity contribution in [3.63, 3.8) is 0 Å². The van der Waals surface area contributed by atoms with Crippen LogP contribution in [0.5, 0.6) is 0 Å². The van der Waals surface area contributed by atoms with Crippen molar-refractivity contribution in [1.29, 1.82) is 5.26 Å². The van der Waals surface area contributed by atoms with E-state index >= 15 is 0 Å². The number of benzene rings is 2. The molecule has 1 aliphatic heterocycles. The lowest BCUT2D eigenvalue weighted by Gasteiger charge is -2.29. The monoisotopic (exact) mass is 411 g/mol. The molecule has 0 saturated carbocycles. The van der Waals surface area contributed by atoms with Gasteiger partial charge in [0.2, 0.25) is 5.91 Å². The van der Waals surface area contributed by atoms with Gasteiger partial charge in [-0.3, -0.25) is 19.3 Å². The highest BCUT2D eigenvalue weighted by molar-refractivity contribution is 6.16. The van der Waals surface area contributed by atoms with E-state index in [9.17, 15) is 28.0 Å². The van der Waals surface area contributed by atoms with Crippen molar-refractivity contribution in [2.75, 3.05) is 6.54 Å². The molecule has 1 atom stereocenters. The van der Waals surface area contributed by atoms with Gasteiger partial charge in [0.25, 0.3) is 5.91 Å². The van der Waals surface area contributed by atoms with Crippen LogP contribution in [-0.2, 0) is 15.1 Å². The first-order chi connectivity index (χ1) is 14.1. The predicted octanol–water partition coefficient (Wildman–Crippen LogP) is 2.75. The maximum Gasteiger partial charge on any atom is 0.335 e. The number of amides is 4. The number of ketones is 1. The normalized spacial score (nSPS) is 18.5. The molecule has 1 aliphatic rings. The summed E-state index contributed by atoms with van der Waals surface area (Å²) in [5.74, 6) is -4.53. The van der Waals surface area contributed by atoms with E-state index in [0.717, 1.165) is 19.1 Å². The molecule has 4 amide bonds. The molecule has 7 nitrogen and oxygen atoms in total. The molecule has 0 bridgehead atoms. The summed E-state index contributed by atoms with van der Waals surface area (Å²) < 4.78 is 27.0. The smallest absolute Gasteiger partial charge is 0.292 e. The van der Waals surface area contributed by atoms with E-state index in [-0.39, 0.29) is 5.56 Å². The van der Waals surface area contributed by atoms with Gasteiger partial charge >= 0.3 is 6.03 Å². The van der Waals surface area contributed by atoms with E-state index in [1.54, 1.807) is 0 Å². The molecule has 1 fully saturated rings. The molecule has 0 aromatic heterocycles. The largest absolute Gasteiger partial charge is 0.335 e. The SMILES string of the molecule is CC(=O)N1C(=O)N(CC(=O)c2ccc(F)cc2F)C(=O)C1(C)c1ccc(C#N)cc1. The topological polar surface area (TPSA) is 98.6 Å². The zero-order valence-electron chi connectivity index (χ0n) is 16.0. The molecule has 30 heavy (non-hydrogen) atoms. The zero-order chi connectivity index (χ0) is 22.2. The van der Waals surface area contributed by atoms with E-state index in [1.807, 2.05) is 6.07 Å². The van der Waals surface area contributed by atoms with Crippen LogP contribution in [0.1, 0.15) is 35.3 Å². The Balaban J connectivity index is 2.00. The van der Waals surface area contributed by atoms with Gasteiger partial charge in [0.15, 0.2) is 11.3 Å². The number of nitrogens with zero attached hydrogens (tertiary/aromatic N) is 3.